The van der Waals surface area contributed by atoms with Crippen LogP contribution >= 0.6 is 35.7 Å². The predicted molar refractivity (Wildman–Crippen MR) is 100 cm³/mol. The van der Waals surface area contributed by atoms with Crippen LogP contribution in [0.25, 0.3) is 0 Å². The highest BCUT2D eigenvalue weighted by molar-refractivity contribution is 14.0. The maximum Gasteiger partial charge on any atom is 0.573 e. The molecule has 1 aromatic carbocycles. The maximum absolute atomic E-state index is 12.5. The molecule has 1 heterocycles. The van der Waals surface area contributed by atoms with E-state index in [9.17, 15) is 13.2 Å². The Morgan fingerprint density at radius 2 is 1.92 bits per heavy atom. The molecule has 2 atom stereocenters. The average Bonchev–Trinajstić information content (AvgIpc) is 3.26. The molecule has 1 saturated carbocycles. The number of hydrogen-bond acceptors (Lipinski definition) is 3. The number of nitrogens with zero attached hydrogens (tertiary/aromatic N) is 2. The van der Waals surface area contributed by atoms with Crippen molar-refractivity contribution in [3.63, 3.8) is 0 Å². The molecule has 0 amide bonds. The van der Waals surface area contributed by atoms with E-state index in [-0.39, 0.29) is 41.7 Å². The van der Waals surface area contributed by atoms with Gasteiger partial charge in [0.05, 0.1) is 6.04 Å². The van der Waals surface area contributed by atoms with Gasteiger partial charge in [-0.25, -0.2) is 4.99 Å². The van der Waals surface area contributed by atoms with Crippen LogP contribution < -0.4 is 10.5 Å². The lowest BCUT2D eigenvalue weighted by Crippen LogP contribution is -2.42. The summed E-state index contributed by atoms with van der Waals surface area (Å²) in [5.74, 6) is 2.33. The first-order valence-corrected chi connectivity index (χ1v) is 8.60. The van der Waals surface area contributed by atoms with Crippen molar-refractivity contribution < 1.29 is 17.9 Å². The molecule has 1 aromatic rings. The summed E-state index contributed by atoms with van der Waals surface area (Å²) in [6.45, 7) is 1.73. The Kier molecular flexibility index (Phi) is 6.52. The van der Waals surface area contributed by atoms with E-state index < -0.39 is 6.36 Å². The van der Waals surface area contributed by atoms with Crippen molar-refractivity contribution >= 4 is 41.7 Å². The molecular weight excluding hydrogens is 454 g/mol. The van der Waals surface area contributed by atoms with Gasteiger partial charge in [-0.3, -0.25) is 0 Å². The quantitative estimate of drug-likeness (QED) is 0.416. The van der Waals surface area contributed by atoms with Crippen LogP contribution in [0.15, 0.2) is 29.3 Å². The molecule has 134 valence electrons. The van der Waals surface area contributed by atoms with E-state index in [0.29, 0.717) is 17.9 Å². The highest BCUT2D eigenvalue weighted by atomic mass is 127. The fourth-order valence-corrected chi connectivity index (χ4v) is 3.61. The van der Waals surface area contributed by atoms with Crippen LogP contribution in [0.5, 0.6) is 5.75 Å². The van der Waals surface area contributed by atoms with Crippen molar-refractivity contribution in [3.8, 4) is 5.75 Å². The van der Waals surface area contributed by atoms with Crippen LogP contribution in [0, 0.1) is 0 Å². The van der Waals surface area contributed by atoms with E-state index in [4.69, 9.17) is 5.73 Å². The Balaban J connectivity index is 0.00000208. The number of para-hydroxylation sites is 1. The Labute approximate surface area is 160 Å². The second-order valence-electron chi connectivity index (χ2n) is 5.58. The molecule has 4 nitrogen and oxygen atoms in total. The molecule has 0 bridgehead atoms. The number of benzene rings is 1. The van der Waals surface area contributed by atoms with E-state index in [1.807, 2.05) is 16.7 Å². The number of halogens is 4. The van der Waals surface area contributed by atoms with E-state index >= 15 is 0 Å². The summed E-state index contributed by atoms with van der Waals surface area (Å²) in [5.41, 5.74) is 6.57. The number of ether oxygens (including phenoxy) is 1. The molecule has 0 aromatic heterocycles. The Bertz CT molecular complexity index is 594. The van der Waals surface area contributed by atoms with E-state index in [2.05, 4.69) is 9.73 Å². The average molecular weight is 473 g/mol. The molecule has 2 fully saturated rings. The largest absolute Gasteiger partial charge is 0.573 e. The van der Waals surface area contributed by atoms with Crippen molar-refractivity contribution in [2.24, 2.45) is 10.7 Å². The molecule has 1 saturated heterocycles. The van der Waals surface area contributed by atoms with Crippen molar-refractivity contribution in [1.29, 1.82) is 0 Å². The zero-order valence-electron chi connectivity index (χ0n) is 12.8. The summed E-state index contributed by atoms with van der Waals surface area (Å²) in [7, 11) is 0. The number of guanidine groups is 1. The first-order chi connectivity index (χ1) is 10.9. The number of alkyl halides is 3. The van der Waals surface area contributed by atoms with Crippen LogP contribution in [-0.4, -0.2) is 47.9 Å². The van der Waals surface area contributed by atoms with Crippen molar-refractivity contribution in [1.82, 2.24) is 4.90 Å². The van der Waals surface area contributed by atoms with E-state index in [1.54, 1.807) is 12.1 Å². The zero-order valence-corrected chi connectivity index (χ0v) is 16.0. The first kappa shape index (κ1) is 19.5. The van der Waals surface area contributed by atoms with Crippen LogP contribution in [-0.2, 0) is 0 Å². The maximum atomic E-state index is 12.5. The molecular formula is C15H19F3IN3OS. The number of rotatable bonds is 3. The lowest BCUT2D eigenvalue weighted by atomic mass is 10.1. The summed E-state index contributed by atoms with van der Waals surface area (Å²) in [6, 6.07) is 6.18. The Morgan fingerprint density at radius 1 is 1.25 bits per heavy atom. The third-order valence-corrected chi connectivity index (χ3v) is 4.88. The molecule has 3 rings (SSSR count). The smallest absolute Gasteiger partial charge is 0.405 e. The summed E-state index contributed by atoms with van der Waals surface area (Å²) in [5, 5.41) is 0. The van der Waals surface area contributed by atoms with Gasteiger partial charge in [-0.2, -0.15) is 11.8 Å². The first-order valence-electron chi connectivity index (χ1n) is 7.44. The van der Waals surface area contributed by atoms with E-state index in [0.717, 1.165) is 24.6 Å². The van der Waals surface area contributed by atoms with E-state index in [1.165, 1.54) is 12.1 Å². The van der Waals surface area contributed by atoms with Crippen molar-refractivity contribution in [2.45, 2.75) is 24.7 Å². The van der Waals surface area contributed by atoms with Gasteiger partial charge in [0.25, 0.3) is 0 Å². The topological polar surface area (TPSA) is 50.9 Å². The van der Waals surface area contributed by atoms with Gasteiger partial charge in [0, 0.05) is 30.5 Å². The molecule has 2 unspecified atom stereocenters. The minimum atomic E-state index is -4.69. The minimum Gasteiger partial charge on any atom is -0.405 e. The molecule has 1 aliphatic carbocycles. The zero-order chi connectivity index (χ0) is 16.4. The number of hydrogen-bond donors (Lipinski definition) is 1. The molecule has 0 radical (unpaired) electrons. The van der Waals surface area contributed by atoms with Gasteiger partial charge in [0.15, 0.2) is 5.96 Å². The molecule has 2 aliphatic rings. The van der Waals surface area contributed by atoms with Crippen LogP contribution in [0.1, 0.15) is 17.9 Å². The number of aliphatic imine (C=N–C) groups is 1. The molecule has 2 N–H and O–H groups in total. The second-order valence-corrected chi connectivity index (χ2v) is 6.81. The van der Waals surface area contributed by atoms with Crippen LogP contribution in [0.3, 0.4) is 0 Å². The summed E-state index contributed by atoms with van der Waals surface area (Å²) >= 11 is 1.88. The summed E-state index contributed by atoms with van der Waals surface area (Å²) in [6.07, 6.45) is -3.99. The van der Waals surface area contributed by atoms with Gasteiger partial charge in [0.2, 0.25) is 0 Å². The standard InChI is InChI=1S/C15H18F3N3OS.HI/c16-15(17,18)22-13-4-2-1-3-10(13)11-9-12(11)20-14(19)21-5-7-23-8-6-21;/h1-4,11-12H,5-9H2,(H2,19,20);1H. The third-order valence-electron chi connectivity index (χ3n) is 3.93. The minimum absolute atomic E-state index is 0. The monoisotopic (exact) mass is 473 g/mol. The fourth-order valence-electron chi connectivity index (χ4n) is 2.71. The van der Waals surface area contributed by atoms with Crippen LogP contribution in [0.2, 0.25) is 0 Å². The highest BCUT2D eigenvalue weighted by Gasteiger charge is 2.42. The predicted octanol–water partition coefficient (Wildman–Crippen LogP) is 3.42. The number of thioether (sulfide) groups is 1. The van der Waals surface area contributed by atoms with Crippen molar-refractivity contribution in [3.05, 3.63) is 29.8 Å². The van der Waals surface area contributed by atoms with Gasteiger partial charge >= 0.3 is 6.36 Å². The Hall–Kier alpha value is -0.840. The van der Waals surface area contributed by atoms with Gasteiger partial charge < -0.3 is 15.4 Å². The van der Waals surface area contributed by atoms with Crippen LogP contribution in [0.4, 0.5) is 13.2 Å². The SMILES string of the molecule is I.NC(=NC1CC1c1ccccc1OC(F)(F)F)N1CCSCC1. The third kappa shape index (κ3) is 5.08. The summed E-state index contributed by atoms with van der Waals surface area (Å²) < 4.78 is 41.5. The lowest BCUT2D eigenvalue weighted by molar-refractivity contribution is -0.274. The highest BCUT2D eigenvalue weighted by Crippen LogP contribution is 2.47. The molecule has 9 heteroatoms. The fraction of sp³-hybridized carbons (Fsp3) is 0.533. The van der Waals surface area contributed by atoms with Gasteiger partial charge in [-0.1, -0.05) is 18.2 Å². The lowest BCUT2D eigenvalue weighted by Gasteiger charge is -2.27. The normalized spacial score (nSPS) is 24.3. The number of nitrogens with two attached hydrogens (primary N) is 1. The van der Waals surface area contributed by atoms with Gasteiger partial charge in [0.1, 0.15) is 5.75 Å². The second kappa shape index (κ2) is 8.03. The van der Waals surface area contributed by atoms with Gasteiger partial charge in [-0.05, 0) is 18.1 Å². The van der Waals surface area contributed by atoms with Gasteiger partial charge in [-0.15, -0.1) is 37.1 Å². The van der Waals surface area contributed by atoms with Crippen molar-refractivity contribution in [2.75, 3.05) is 24.6 Å². The molecule has 24 heavy (non-hydrogen) atoms. The Morgan fingerprint density at radius 3 is 2.58 bits per heavy atom. The molecule has 0 spiro atoms. The molecule has 1 aliphatic heterocycles. The summed E-state index contributed by atoms with van der Waals surface area (Å²) in [4.78, 5) is 6.51.